The molecule has 3 N–H and O–H groups in total. The number of hydrogen-bond donors (Lipinski definition) is 3. The van der Waals surface area contributed by atoms with Crippen molar-refractivity contribution in [3.05, 3.63) is 48.0 Å². The molecule has 0 bridgehead atoms. The molecule has 0 unspecified atom stereocenters. The maximum absolute atomic E-state index is 13.2. The fraction of sp³-hybridized carbons (Fsp3) is 0.353. The van der Waals surface area contributed by atoms with Crippen molar-refractivity contribution in [2.75, 3.05) is 25.0 Å². The highest BCUT2D eigenvalue weighted by Crippen LogP contribution is 2.19. The minimum atomic E-state index is -0.202. The zero-order valence-corrected chi connectivity index (χ0v) is 12.8. The molecular weight excluding hydrogens is 293 g/mol. The molecule has 0 radical (unpaired) electrons. The summed E-state index contributed by atoms with van der Waals surface area (Å²) in [4.78, 5) is 3.14. The van der Waals surface area contributed by atoms with Crippen LogP contribution < -0.4 is 10.6 Å². The van der Waals surface area contributed by atoms with Crippen LogP contribution in [0.25, 0.3) is 10.9 Å². The van der Waals surface area contributed by atoms with Crippen LogP contribution in [0.15, 0.2) is 36.7 Å². The van der Waals surface area contributed by atoms with Gasteiger partial charge in [-0.2, -0.15) is 5.10 Å². The second-order valence-corrected chi connectivity index (χ2v) is 6.10. The monoisotopic (exact) mass is 313 g/mol. The molecule has 2 aromatic heterocycles. The lowest BCUT2D eigenvalue weighted by molar-refractivity contribution is 0.393. The molecular formula is C17H20FN5. The van der Waals surface area contributed by atoms with Gasteiger partial charge in [-0.1, -0.05) is 0 Å². The van der Waals surface area contributed by atoms with Gasteiger partial charge >= 0.3 is 0 Å². The number of H-pyrrole nitrogens is 1. The zero-order valence-electron chi connectivity index (χ0n) is 12.8. The number of nitrogens with zero attached hydrogens (tertiary/aromatic N) is 2. The van der Waals surface area contributed by atoms with Gasteiger partial charge in [0.2, 0.25) is 0 Å². The van der Waals surface area contributed by atoms with E-state index in [0.29, 0.717) is 5.92 Å². The smallest absolute Gasteiger partial charge is 0.125 e. The van der Waals surface area contributed by atoms with Crippen molar-refractivity contribution in [3.63, 3.8) is 0 Å². The van der Waals surface area contributed by atoms with Crippen molar-refractivity contribution in [1.82, 2.24) is 20.1 Å². The largest absolute Gasteiger partial charge is 0.370 e. The first-order valence-corrected chi connectivity index (χ1v) is 8.01. The number of aromatic nitrogens is 3. The number of hydrogen-bond acceptors (Lipinski definition) is 3. The van der Waals surface area contributed by atoms with Crippen molar-refractivity contribution in [2.24, 2.45) is 5.92 Å². The molecule has 1 aliphatic rings. The molecule has 6 heteroatoms. The molecule has 23 heavy (non-hydrogen) atoms. The van der Waals surface area contributed by atoms with Crippen molar-refractivity contribution in [1.29, 1.82) is 0 Å². The topological polar surface area (TPSA) is 57.7 Å². The molecule has 5 nitrogen and oxygen atoms in total. The summed E-state index contributed by atoms with van der Waals surface area (Å²) in [5.41, 5.74) is 2.09. The van der Waals surface area contributed by atoms with Crippen LogP contribution in [-0.4, -0.2) is 34.4 Å². The summed E-state index contributed by atoms with van der Waals surface area (Å²) < 4.78 is 15.2. The van der Waals surface area contributed by atoms with Gasteiger partial charge in [0, 0.05) is 48.7 Å². The molecule has 1 atom stereocenters. The Bertz CT molecular complexity index is 806. The lowest BCUT2D eigenvalue weighted by Gasteiger charge is -2.25. The van der Waals surface area contributed by atoms with Gasteiger partial charge < -0.3 is 15.6 Å². The first-order chi connectivity index (χ1) is 11.3. The Labute approximate surface area is 133 Å². The Morgan fingerprint density at radius 3 is 3.26 bits per heavy atom. The highest BCUT2D eigenvalue weighted by atomic mass is 19.1. The minimum Gasteiger partial charge on any atom is -0.370 e. The highest BCUT2D eigenvalue weighted by molar-refractivity contribution is 5.83. The van der Waals surface area contributed by atoms with E-state index in [9.17, 15) is 4.39 Å². The van der Waals surface area contributed by atoms with Crippen LogP contribution in [-0.2, 0) is 13.0 Å². The standard InChI is InChI=1S/C17H20FN5/c18-14-1-2-15-13(10-20-16(15)7-14)3-5-19-8-12-9-21-17-4-6-22-23(17)11-12/h1-2,4,6-7,10,12,19-21H,3,5,8-9,11H2/t12-/m1/s1. The fourth-order valence-corrected chi connectivity index (χ4v) is 3.22. The van der Waals surface area contributed by atoms with Gasteiger partial charge in [0.05, 0.1) is 6.20 Å². The van der Waals surface area contributed by atoms with Crippen LogP contribution >= 0.6 is 0 Å². The quantitative estimate of drug-likeness (QED) is 0.634. The van der Waals surface area contributed by atoms with Crippen LogP contribution in [0.5, 0.6) is 0 Å². The third kappa shape index (κ3) is 2.94. The fourth-order valence-electron chi connectivity index (χ4n) is 3.22. The summed E-state index contributed by atoms with van der Waals surface area (Å²) in [6, 6.07) is 6.91. The Balaban J connectivity index is 1.29. The maximum Gasteiger partial charge on any atom is 0.125 e. The van der Waals surface area contributed by atoms with E-state index in [0.717, 1.165) is 49.3 Å². The molecule has 0 fully saturated rings. The second-order valence-electron chi connectivity index (χ2n) is 6.10. The summed E-state index contributed by atoms with van der Waals surface area (Å²) in [6.07, 6.45) is 4.74. The number of halogens is 1. The molecule has 1 aromatic carbocycles. The van der Waals surface area contributed by atoms with Crippen molar-refractivity contribution in [2.45, 2.75) is 13.0 Å². The number of benzene rings is 1. The molecule has 3 aromatic rings. The van der Waals surface area contributed by atoms with Crippen molar-refractivity contribution in [3.8, 4) is 0 Å². The minimum absolute atomic E-state index is 0.202. The van der Waals surface area contributed by atoms with E-state index >= 15 is 0 Å². The van der Waals surface area contributed by atoms with Gasteiger partial charge in [-0.3, -0.25) is 0 Å². The summed E-state index contributed by atoms with van der Waals surface area (Å²) >= 11 is 0. The predicted octanol–water partition coefficient (Wildman–Crippen LogP) is 2.38. The summed E-state index contributed by atoms with van der Waals surface area (Å²) in [6.45, 7) is 3.80. The summed E-state index contributed by atoms with van der Waals surface area (Å²) in [5, 5.41) is 12.3. The molecule has 0 spiro atoms. The second kappa shape index (κ2) is 6.04. The number of anilines is 1. The molecule has 3 heterocycles. The first kappa shape index (κ1) is 14.3. The van der Waals surface area contributed by atoms with E-state index in [2.05, 4.69) is 20.7 Å². The number of rotatable bonds is 5. The third-order valence-corrected chi connectivity index (χ3v) is 4.45. The van der Waals surface area contributed by atoms with E-state index in [-0.39, 0.29) is 5.82 Å². The van der Waals surface area contributed by atoms with Crippen LogP contribution in [0.4, 0.5) is 10.2 Å². The van der Waals surface area contributed by atoms with Gasteiger partial charge in [0.15, 0.2) is 0 Å². The highest BCUT2D eigenvalue weighted by Gasteiger charge is 2.17. The van der Waals surface area contributed by atoms with Crippen LogP contribution in [0, 0.1) is 11.7 Å². The lowest BCUT2D eigenvalue weighted by Crippen LogP contribution is -2.35. The number of nitrogens with one attached hydrogen (secondary N) is 3. The third-order valence-electron chi connectivity index (χ3n) is 4.45. The van der Waals surface area contributed by atoms with Gasteiger partial charge in [-0.05, 0) is 36.7 Å². The van der Waals surface area contributed by atoms with Crippen LogP contribution in [0.1, 0.15) is 5.56 Å². The van der Waals surface area contributed by atoms with Crippen LogP contribution in [0.3, 0.4) is 0 Å². The van der Waals surface area contributed by atoms with Crippen LogP contribution in [0.2, 0.25) is 0 Å². The average Bonchev–Trinajstić information content (AvgIpc) is 3.17. The molecule has 4 rings (SSSR count). The van der Waals surface area contributed by atoms with E-state index in [4.69, 9.17) is 0 Å². The summed E-state index contributed by atoms with van der Waals surface area (Å²) in [5.74, 6) is 1.44. The Morgan fingerprint density at radius 1 is 1.35 bits per heavy atom. The molecule has 0 saturated carbocycles. The molecule has 0 amide bonds. The van der Waals surface area contributed by atoms with Crippen molar-refractivity contribution >= 4 is 16.7 Å². The van der Waals surface area contributed by atoms with Gasteiger partial charge in [0.25, 0.3) is 0 Å². The molecule has 1 aliphatic heterocycles. The molecule has 120 valence electrons. The lowest BCUT2D eigenvalue weighted by atomic mass is 10.1. The maximum atomic E-state index is 13.2. The van der Waals surface area contributed by atoms with E-state index in [1.54, 1.807) is 6.07 Å². The predicted molar refractivity (Wildman–Crippen MR) is 89.0 cm³/mol. The number of aromatic amines is 1. The average molecular weight is 313 g/mol. The van der Waals surface area contributed by atoms with Gasteiger partial charge in [-0.25, -0.2) is 9.07 Å². The van der Waals surface area contributed by atoms with Crippen molar-refractivity contribution < 1.29 is 4.39 Å². The molecule has 0 aliphatic carbocycles. The first-order valence-electron chi connectivity index (χ1n) is 8.01. The van der Waals surface area contributed by atoms with E-state index in [1.165, 1.54) is 11.6 Å². The Morgan fingerprint density at radius 2 is 2.30 bits per heavy atom. The Hall–Kier alpha value is -2.34. The van der Waals surface area contributed by atoms with Gasteiger partial charge in [-0.15, -0.1) is 0 Å². The normalized spacial score (nSPS) is 17.2. The Kier molecular flexibility index (Phi) is 3.75. The molecule has 0 saturated heterocycles. The van der Waals surface area contributed by atoms with E-state index < -0.39 is 0 Å². The summed E-state index contributed by atoms with van der Waals surface area (Å²) in [7, 11) is 0. The zero-order chi connectivity index (χ0) is 15.6. The SMILES string of the molecule is Fc1ccc2c(CCNC[C@@H]3CNc4ccnn4C3)c[nH]c2c1. The van der Waals surface area contributed by atoms with E-state index in [1.807, 2.05) is 29.2 Å². The van der Waals surface area contributed by atoms with Gasteiger partial charge in [0.1, 0.15) is 11.6 Å². The number of fused-ring (bicyclic) bond motifs is 2.